The van der Waals surface area contributed by atoms with Gasteiger partial charge in [-0.25, -0.2) is 0 Å². The smallest absolute Gasteiger partial charge is 0.507 e. The van der Waals surface area contributed by atoms with Crippen molar-refractivity contribution in [2.75, 3.05) is 18.6 Å². The molecule has 2 aliphatic rings. The zero-order valence-corrected chi connectivity index (χ0v) is 20.1. The lowest BCUT2D eigenvalue weighted by atomic mass is 9.94. The molecule has 1 atom stereocenters. The third kappa shape index (κ3) is 4.77. The first kappa shape index (κ1) is 25.2. The van der Waals surface area contributed by atoms with Crippen molar-refractivity contribution >= 4 is 23.1 Å². The SMILES string of the molecule is COc1ccc(C2/C(=C(/O)c3ccc4c(c3)CCCO4)C(=O)C(=O)N2c2ccc(OC(F)(F)F)cc2)cc1. The van der Waals surface area contributed by atoms with Crippen molar-refractivity contribution in [2.45, 2.75) is 25.2 Å². The fourth-order valence-corrected chi connectivity index (χ4v) is 4.67. The third-order valence-electron chi connectivity index (χ3n) is 6.41. The molecule has 0 spiro atoms. The van der Waals surface area contributed by atoms with Gasteiger partial charge in [-0.2, -0.15) is 0 Å². The summed E-state index contributed by atoms with van der Waals surface area (Å²) in [4.78, 5) is 27.7. The molecule has 1 saturated heterocycles. The third-order valence-corrected chi connectivity index (χ3v) is 6.41. The highest BCUT2D eigenvalue weighted by Crippen LogP contribution is 2.43. The molecule has 1 fully saturated rings. The molecule has 2 heterocycles. The number of nitrogens with zero attached hydrogens (tertiary/aromatic N) is 1. The lowest BCUT2D eigenvalue weighted by Gasteiger charge is -2.26. The molecule has 1 unspecified atom stereocenters. The fraction of sp³-hybridized carbons (Fsp3) is 0.214. The second kappa shape index (κ2) is 9.77. The number of ether oxygens (including phenoxy) is 3. The van der Waals surface area contributed by atoms with Crippen LogP contribution in [-0.2, 0) is 16.0 Å². The first-order chi connectivity index (χ1) is 18.2. The minimum absolute atomic E-state index is 0.146. The number of carbonyl (C=O) groups excluding carboxylic acids is 2. The Hall–Kier alpha value is -4.47. The van der Waals surface area contributed by atoms with E-state index in [-0.39, 0.29) is 17.0 Å². The van der Waals surface area contributed by atoms with E-state index in [1.807, 2.05) is 0 Å². The average molecular weight is 525 g/mol. The summed E-state index contributed by atoms with van der Waals surface area (Å²) in [7, 11) is 1.49. The second-order valence-corrected chi connectivity index (χ2v) is 8.76. The van der Waals surface area contributed by atoms with E-state index in [2.05, 4.69) is 4.74 Å². The van der Waals surface area contributed by atoms with Gasteiger partial charge in [0.15, 0.2) is 0 Å². The van der Waals surface area contributed by atoms with Gasteiger partial charge in [0.25, 0.3) is 11.7 Å². The van der Waals surface area contributed by atoms with E-state index in [0.717, 1.165) is 35.4 Å². The molecule has 0 aromatic heterocycles. The maximum Gasteiger partial charge on any atom is 0.573 e. The number of hydrogen-bond acceptors (Lipinski definition) is 6. The zero-order chi connectivity index (χ0) is 27.0. The minimum Gasteiger partial charge on any atom is -0.507 e. The van der Waals surface area contributed by atoms with Crippen molar-refractivity contribution in [2.24, 2.45) is 0 Å². The van der Waals surface area contributed by atoms with Gasteiger partial charge in [0, 0.05) is 11.3 Å². The quantitative estimate of drug-likeness (QED) is 0.267. The Labute approximate surface area is 215 Å². The Morgan fingerprint density at radius 2 is 1.68 bits per heavy atom. The number of aliphatic hydroxyl groups excluding tert-OH is 1. The van der Waals surface area contributed by atoms with Crippen molar-refractivity contribution in [3.8, 4) is 17.2 Å². The number of ketones is 1. The number of rotatable bonds is 5. The van der Waals surface area contributed by atoms with Crippen LogP contribution in [0.3, 0.4) is 0 Å². The van der Waals surface area contributed by atoms with Gasteiger partial charge >= 0.3 is 6.36 Å². The van der Waals surface area contributed by atoms with E-state index in [1.165, 1.54) is 19.2 Å². The average Bonchev–Trinajstić information content (AvgIpc) is 3.17. The molecule has 3 aromatic carbocycles. The summed E-state index contributed by atoms with van der Waals surface area (Å²) in [5, 5.41) is 11.3. The molecule has 1 amide bonds. The number of halogens is 3. The zero-order valence-electron chi connectivity index (χ0n) is 20.1. The summed E-state index contributed by atoms with van der Waals surface area (Å²) < 4.78 is 52.6. The number of aryl methyl sites for hydroxylation is 1. The predicted octanol–water partition coefficient (Wildman–Crippen LogP) is 5.55. The molecule has 1 N–H and O–H groups in total. The van der Waals surface area contributed by atoms with Gasteiger partial charge in [0.05, 0.1) is 25.3 Å². The van der Waals surface area contributed by atoms with Crippen LogP contribution in [0.25, 0.3) is 5.76 Å². The molecular weight excluding hydrogens is 503 g/mol. The Bertz CT molecular complexity index is 1410. The summed E-state index contributed by atoms with van der Waals surface area (Å²) in [6.07, 6.45) is -3.34. The van der Waals surface area contributed by atoms with Crippen molar-refractivity contribution in [3.05, 3.63) is 89.0 Å². The number of Topliss-reactive ketones (excluding diaryl/α,β-unsaturated/α-hetero) is 1. The molecule has 0 aliphatic carbocycles. The van der Waals surface area contributed by atoms with Crippen LogP contribution >= 0.6 is 0 Å². The molecule has 2 aliphatic heterocycles. The number of fused-ring (bicyclic) bond motifs is 1. The number of carbonyl (C=O) groups is 2. The lowest BCUT2D eigenvalue weighted by Crippen LogP contribution is -2.29. The normalized spacial score (nSPS) is 18.6. The summed E-state index contributed by atoms with van der Waals surface area (Å²) in [6, 6.07) is 15.2. The highest BCUT2D eigenvalue weighted by Gasteiger charge is 2.47. The van der Waals surface area contributed by atoms with E-state index < -0.39 is 29.8 Å². The van der Waals surface area contributed by atoms with Crippen LogP contribution in [0.5, 0.6) is 17.2 Å². The van der Waals surface area contributed by atoms with Crippen LogP contribution in [0, 0.1) is 0 Å². The van der Waals surface area contributed by atoms with Crippen LogP contribution in [-0.4, -0.2) is 36.9 Å². The topological polar surface area (TPSA) is 85.3 Å². The first-order valence-electron chi connectivity index (χ1n) is 11.7. The van der Waals surface area contributed by atoms with Gasteiger partial charge in [0.2, 0.25) is 0 Å². The Morgan fingerprint density at radius 3 is 2.34 bits per heavy atom. The molecule has 7 nitrogen and oxygen atoms in total. The van der Waals surface area contributed by atoms with E-state index in [4.69, 9.17) is 9.47 Å². The fourth-order valence-electron chi connectivity index (χ4n) is 4.67. The van der Waals surface area contributed by atoms with E-state index in [1.54, 1.807) is 42.5 Å². The highest BCUT2D eigenvalue weighted by atomic mass is 19.4. The maximum absolute atomic E-state index is 13.3. The number of alkyl halides is 3. The van der Waals surface area contributed by atoms with Gasteiger partial charge in [-0.05, 0) is 78.6 Å². The largest absolute Gasteiger partial charge is 0.573 e. The number of amides is 1. The van der Waals surface area contributed by atoms with Gasteiger partial charge in [-0.1, -0.05) is 12.1 Å². The Kier molecular flexibility index (Phi) is 6.48. The van der Waals surface area contributed by atoms with Crippen molar-refractivity contribution in [3.63, 3.8) is 0 Å². The monoisotopic (exact) mass is 525 g/mol. The molecule has 5 rings (SSSR count). The van der Waals surface area contributed by atoms with Crippen LogP contribution < -0.4 is 19.1 Å². The van der Waals surface area contributed by atoms with Crippen molar-refractivity contribution in [1.82, 2.24) is 0 Å². The lowest BCUT2D eigenvalue weighted by molar-refractivity contribution is -0.274. The summed E-state index contributed by atoms with van der Waals surface area (Å²) >= 11 is 0. The highest BCUT2D eigenvalue weighted by molar-refractivity contribution is 6.51. The second-order valence-electron chi connectivity index (χ2n) is 8.76. The number of methoxy groups -OCH3 is 1. The van der Waals surface area contributed by atoms with Gasteiger partial charge < -0.3 is 19.3 Å². The van der Waals surface area contributed by atoms with E-state index in [9.17, 15) is 27.9 Å². The van der Waals surface area contributed by atoms with Gasteiger partial charge in [-0.15, -0.1) is 13.2 Å². The Balaban J connectivity index is 1.62. The number of benzene rings is 3. The summed E-state index contributed by atoms with van der Waals surface area (Å²) in [5.74, 6) is -1.46. The summed E-state index contributed by atoms with van der Waals surface area (Å²) in [6.45, 7) is 0.591. The van der Waals surface area contributed by atoms with Crippen molar-refractivity contribution in [1.29, 1.82) is 0 Å². The van der Waals surface area contributed by atoms with Crippen LogP contribution in [0.15, 0.2) is 72.3 Å². The van der Waals surface area contributed by atoms with Crippen LogP contribution in [0.2, 0.25) is 0 Å². The van der Waals surface area contributed by atoms with Crippen LogP contribution in [0.4, 0.5) is 18.9 Å². The number of hydrogen-bond donors (Lipinski definition) is 1. The van der Waals surface area contributed by atoms with Gasteiger partial charge in [-0.3, -0.25) is 14.5 Å². The molecule has 0 radical (unpaired) electrons. The van der Waals surface area contributed by atoms with Gasteiger partial charge in [0.1, 0.15) is 23.0 Å². The molecule has 0 saturated carbocycles. The first-order valence-corrected chi connectivity index (χ1v) is 11.7. The van der Waals surface area contributed by atoms with E-state index in [0.29, 0.717) is 29.2 Å². The molecule has 3 aromatic rings. The number of aliphatic hydroxyl groups is 1. The molecule has 0 bridgehead atoms. The molecular formula is C28H22F3NO6. The van der Waals surface area contributed by atoms with E-state index >= 15 is 0 Å². The molecule has 196 valence electrons. The molecule has 10 heteroatoms. The Morgan fingerprint density at radius 1 is 1.00 bits per heavy atom. The maximum atomic E-state index is 13.3. The molecule has 38 heavy (non-hydrogen) atoms. The standard InChI is InChI=1S/C28H22F3NO6/c1-36-20-9-4-16(5-10-20)24-23(25(33)18-6-13-22-17(15-18)3-2-14-37-22)26(34)27(35)32(24)19-7-11-21(12-8-19)38-28(29,30)31/h4-13,15,24,33H,2-3,14H2,1H3/b25-23-. The summed E-state index contributed by atoms with van der Waals surface area (Å²) in [5.41, 5.74) is 1.71. The predicted molar refractivity (Wildman–Crippen MR) is 131 cm³/mol. The van der Waals surface area contributed by atoms with Crippen molar-refractivity contribution < 1.29 is 42.1 Å². The number of anilines is 1. The van der Waals surface area contributed by atoms with Crippen LogP contribution in [0.1, 0.15) is 29.2 Å². The minimum atomic E-state index is -4.88.